The first-order valence-corrected chi connectivity index (χ1v) is 13.6. The lowest BCUT2D eigenvalue weighted by Crippen LogP contribution is -2.48. The first kappa shape index (κ1) is 31.3. The molecule has 1 aromatic heterocycles. The van der Waals surface area contributed by atoms with Gasteiger partial charge in [0.25, 0.3) is 5.91 Å². The molecule has 3 unspecified atom stereocenters. The van der Waals surface area contributed by atoms with E-state index in [0.29, 0.717) is 17.5 Å². The fourth-order valence-corrected chi connectivity index (χ4v) is 4.38. The zero-order valence-corrected chi connectivity index (χ0v) is 24.2. The Kier molecular flexibility index (Phi) is 11.0. The first-order valence-electron chi connectivity index (χ1n) is 13.6. The number of fused-ring (bicyclic) bond motifs is 1. The number of alkyl halides is 1. The van der Waals surface area contributed by atoms with Crippen LogP contribution in [-0.2, 0) is 20.7 Å². The zero-order chi connectivity index (χ0) is 30.0. The van der Waals surface area contributed by atoms with Crippen molar-refractivity contribution in [3.05, 3.63) is 72.1 Å². The van der Waals surface area contributed by atoms with Gasteiger partial charge in [-0.2, -0.15) is 0 Å². The van der Waals surface area contributed by atoms with Gasteiger partial charge in [0.05, 0.1) is 29.6 Å². The van der Waals surface area contributed by atoms with Crippen molar-refractivity contribution >= 4 is 35.2 Å². The van der Waals surface area contributed by atoms with E-state index >= 15 is 0 Å². The van der Waals surface area contributed by atoms with Crippen LogP contribution in [0.1, 0.15) is 56.1 Å². The average molecular weight is 564 g/mol. The number of halogens is 1. The van der Waals surface area contributed by atoms with Gasteiger partial charge in [-0.25, -0.2) is 14.4 Å². The number of rotatable bonds is 13. The van der Waals surface area contributed by atoms with Crippen LogP contribution >= 0.6 is 0 Å². The lowest BCUT2D eigenvalue weighted by molar-refractivity contribution is -0.149. The SMILES string of the molecule is CC(=O)OC(CC(CCC(C)(C)F)C(=O)/N=C/N(C)C)C(Cc1ccccc1)NC(=O)c1cnc2ccccc2n1. The molecule has 0 aliphatic heterocycles. The molecule has 3 atom stereocenters. The number of carbonyl (C=O) groups is 3. The lowest BCUT2D eigenvalue weighted by atomic mass is 9.87. The predicted molar refractivity (Wildman–Crippen MR) is 156 cm³/mol. The number of carbonyl (C=O) groups excluding carboxylic acids is 3. The Morgan fingerprint density at radius 3 is 2.37 bits per heavy atom. The molecule has 3 aromatic rings. The van der Waals surface area contributed by atoms with E-state index < -0.39 is 41.5 Å². The number of nitrogens with zero attached hydrogens (tertiary/aromatic N) is 4. The normalized spacial score (nSPS) is 13.9. The fourth-order valence-electron chi connectivity index (χ4n) is 4.38. The van der Waals surface area contributed by atoms with E-state index in [4.69, 9.17) is 4.74 Å². The van der Waals surface area contributed by atoms with Crippen LogP contribution in [0.5, 0.6) is 0 Å². The monoisotopic (exact) mass is 563 g/mol. The summed E-state index contributed by atoms with van der Waals surface area (Å²) in [5.74, 6) is -2.27. The van der Waals surface area contributed by atoms with E-state index in [0.717, 1.165) is 5.56 Å². The molecule has 0 spiro atoms. The summed E-state index contributed by atoms with van der Waals surface area (Å²) in [5.41, 5.74) is 0.698. The Balaban J connectivity index is 1.95. The van der Waals surface area contributed by atoms with Crippen LogP contribution in [0, 0.1) is 5.92 Å². The Labute approximate surface area is 240 Å². The van der Waals surface area contributed by atoms with Crippen LogP contribution in [0.25, 0.3) is 11.0 Å². The van der Waals surface area contributed by atoms with Gasteiger partial charge in [0.2, 0.25) is 5.91 Å². The molecule has 0 aliphatic carbocycles. The molecule has 0 radical (unpaired) electrons. The first-order chi connectivity index (χ1) is 19.4. The summed E-state index contributed by atoms with van der Waals surface area (Å²) >= 11 is 0. The van der Waals surface area contributed by atoms with Gasteiger partial charge in [-0.15, -0.1) is 0 Å². The minimum absolute atomic E-state index is 0.0421. The topological polar surface area (TPSA) is 114 Å². The molecule has 9 nitrogen and oxygen atoms in total. The van der Waals surface area contributed by atoms with E-state index in [1.165, 1.54) is 33.3 Å². The maximum Gasteiger partial charge on any atom is 0.302 e. The highest BCUT2D eigenvalue weighted by molar-refractivity contribution is 5.94. The Bertz CT molecular complexity index is 1360. The Hall–Kier alpha value is -4.21. The largest absolute Gasteiger partial charge is 0.460 e. The van der Waals surface area contributed by atoms with Crippen LogP contribution < -0.4 is 5.32 Å². The van der Waals surface area contributed by atoms with Crippen LogP contribution in [0.15, 0.2) is 65.8 Å². The van der Waals surface area contributed by atoms with Crippen molar-refractivity contribution in [2.24, 2.45) is 10.9 Å². The molecule has 1 heterocycles. The number of hydrogen-bond acceptors (Lipinski definition) is 6. The number of para-hydroxylation sites is 2. The predicted octanol–water partition coefficient (Wildman–Crippen LogP) is 4.55. The zero-order valence-electron chi connectivity index (χ0n) is 24.2. The van der Waals surface area contributed by atoms with Gasteiger partial charge in [-0.05, 0) is 57.2 Å². The van der Waals surface area contributed by atoms with E-state index in [9.17, 15) is 18.8 Å². The maximum atomic E-state index is 14.5. The molecule has 0 saturated carbocycles. The van der Waals surface area contributed by atoms with Crippen LogP contribution in [0.2, 0.25) is 0 Å². The fraction of sp³-hybridized carbons (Fsp3) is 0.419. The van der Waals surface area contributed by atoms with Crippen molar-refractivity contribution in [3.63, 3.8) is 0 Å². The van der Waals surface area contributed by atoms with Gasteiger partial charge >= 0.3 is 5.97 Å². The number of aromatic nitrogens is 2. The van der Waals surface area contributed by atoms with Crippen LogP contribution in [0.3, 0.4) is 0 Å². The standard InChI is InChI=1S/C31H38FN5O4/c1-21(38)41-28(18-23(15-16-31(2,3)32)29(39)34-20-37(4)5)26(17-22-11-7-6-8-12-22)36-30(40)27-19-33-24-13-9-10-14-25(24)35-27/h6-14,19-20,23,26,28H,15-18H2,1-5H3,(H,36,40)/b34-20+. The highest BCUT2D eigenvalue weighted by Gasteiger charge is 2.33. The number of benzene rings is 2. The van der Waals surface area contributed by atoms with E-state index in [1.54, 1.807) is 31.1 Å². The summed E-state index contributed by atoms with van der Waals surface area (Å²) < 4.78 is 20.2. The number of hydrogen-bond donors (Lipinski definition) is 1. The van der Waals surface area contributed by atoms with E-state index in [2.05, 4.69) is 20.3 Å². The smallest absolute Gasteiger partial charge is 0.302 e. The highest BCUT2D eigenvalue weighted by atomic mass is 19.1. The summed E-state index contributed by atoms with van der Waals surface area (Å²) in [6.45, 7) is 4.17. The molecule has 218 valence electrons. The van der Waals surface area contributed by atoms with Crippen molar-refractivity contribution < 1.29 is 23.5 Å². The minimum Gasteiger partial charge on any atom is -0.460 e. The second-order valence-electron chi connectivity index (χ2n) is 10.9. The number of amides is 2. The van der Waals surface area contributed by atoms with Crippen molar-refractivity contribution in [2.45, 2.75) is 64.3 Å². The maximum absolute atomic E-state index is 14.5. The Morgan fingerprint density at radius 2 is 1.73 bits per heavy atom. The van der Waals surface area contributed by atoms with Gasteiger partial charge in [0, 0.05) is 26.9 Å². The molecular weight excluding hydrogens is 525 g/mol. The minimum atomic E-state index is -1.51. The van der Waals surface area contributed by atoms with Crippen molar-refractivity contribution in [1.29, 1.82) is 0 Å². The van der Waals surface area contributed by atoms with Gasteiger partial charge in [0.15, 0.2) is 0 Å². The van der Waals surface area contributed by atoms with Crippen molar-refractivity contribution in [2.75, 3.05) is 14.1 Å². The quantitative estimate of drug-likeness (QED) is 0.184. The van der Waals surface area contributed by atoms with Crippen LogP contribution in [-0.4, -0.2) is 70.9 Å². The summed E-state index contributed by atoms with van der Waals surface area (Å²) in [5, 5.41) is 2.97. The molecule has 2 amide bonds. The molecule has 2 aromatic carbocycles. The van der Waals surface area contributed by atoms with Crippen molar-refractivity contribution in [1.82, 2.24) is 20.2 Å². The third-order valence-corrected chi connectivity index (χ3v) is 6.43. The molecule has 0 fully saturated rings. The highest BCUT2D eigenvalue weighted by Crippen LogP contribution is 2.26. The van der Waals surface area contributed by atoms with Gasteiger partial charge in [-0.3, -0.25) is 19.4 Å². The summed E-state index contributed by atoms with van der Waals surface area (Å²) in [4.78, 5) is 53.3. The molecule has 0 saturated heterocycles. The molecular formula is C31H38FN5O4. The summed E-state index contributed by atoms with van der Waals surface area (Å²) in [6, 6.07) is 15.9. The summed E-state index contributed by atoms with van der Waals surface area (Å²) in [6.07, 6.45) is 2.52. The third kappa shape index (κ3) is 10.4. The second-order valence-corrected chi connectivity index (χ2v) is 10.9. The molecule has 1 N–H and O–H groups in total. The molecule has 0 aliphatic rings. The van der Waals surface area contributed by atoms with Gasteiger partial charge < -0.3 is 15.0 Å². The average Bonchev–Trinajstić information content (AvgIpc) is 2.92. The molecule has 3 rings (SSSR count). The molecule has 0 bridgehead atoms. The van der Waals surface area contributed by atoms with Crippen molar-refractivity contribution in [3.8, 4) is 0 Å². The van der Waals surface area contributed by atoms with Crippen LogP contribution in [0.4, 0.5) is 4.39 Å². The van der Waals surface area contributed by atoms with Gasteiger partial charge in [-0.1, -0.05) is 42.5 Å². The number of aliphatic imine (C=N–C) groups is 1. The van der Waals surface area contributed by atoms with E-state index in [-0.39, 0.29) is 25.0 Å². The number of nitrogens with one attached hydrogen (secondary N) is 1. The van der Waals surface area contributed by atoms with E-state index in [1.807, 2.05) is 42.5 Å². The molecule has 10 heteroatoms. The lowest BCUT2D eigenvalue weighted by Gasteiger charge is -2.30. The second kappa shape index (κ2) is 14.4. The van der Waals surface area contributed by atoms with Gasteiger partial charge in [0.1, 0.15) is 17.5 Å². The third-order valence-electron chi connectivity index (χ3n) is 6.43. The Morgan fingerprint density at radius 1 is 1.07 bits per heavy atom. The summed E-state index contributed by atoms with van der Waals surface area (Å²) in [7, 11) is 3.47. The number of ether oxygens (including phenoxy) is 1. The molecule has 41 heavy (non-hydrogen) atoms. The number of esters is 1.